The van der Waals surface area contributed by atoms with Gasteiger partial charge in [-0.1, -0.05) is 30.3 Å². The molecule has 0 spiro atoms. The first-order valence-electron chi connectivity index (χ1n) is 8.34. The topological polar surface area (TPSA) is 30.9 Å². The van der Waals surface area contributed by atoms with E-state index in [4.69, 9.17) is 14.2 Å². The molecule has 0 aromatic heterocycles. The van der Waals surface area contributed by atoms with Gasteiger partial charge in [-0.25, -0.2) is 0 Å². The fraction of sp³-hybridized carbons (Fsp3) is 0.300. The second kappa shape index (κ2) is 5.28. The second-order valence-electron chi connectivity index (χ2n) is 6.52. The quantitative estimate of drug-likeness (QED) is 0.794. The Morgan fingerprint density at radius 1 is 1.04 bits per heavy atom. The average Bonchev–Trinajstić information content (AvgIpc) is 3.07. The standard InChI is InChI=1S/C20H19NO3/c1-2-7-21-10-13-5-3-4-6-14(13)20-15-8-18-19(24-12-23-18)9-17(15)22-11-16(20)21/h2-6,8-9,16,20H,1,7,10-12H2. The molecular weight excluding hydrogens is 302 g/mol. The van der Waals surface area contributed by atoms with Gasteiger partial charge in [0.15, 0.2) is 11.5 Å². The number of rotatable bonds is 2. The minimum absolute atomic E-state index is 0.283. The van der Waals surface area contributed by atoms with Crippen LogP contribution in [0.5, 0.6) is 17.2 Å². The van der Waals surface area contributed by atoms with Crippen molar-refractivity contribution in [2.75, 3.05) is 19.9 Å². The maximum atomic E-state index is 6.10. The Labute approximate surface area is 141 Å². The van der Waals surface area contributed by atoms with E-state index in [0.717, 1.165) is 30.3 Å². The summed E-state index contributed by atoms with van der Waals surface area (Å²) in [5.74, 6) is 2.79. The SMILES string of the molecule is C=CCN1Cc2ccccc2C2c3cc4c(cc3OCC21)OCO4. The Balaban J connectivity index is 1.68. The van der Waals surface area contributed by atoms with E-state index < -0.39 is 0 Å². The molecule has 4 nitrogen and oxygen atoms in total. The van der Waals surface area contributed by atoms with E-state index in [9.17, 15) is 0 Å². The average molecular weight is 321 g/mol. The Kier molecular flexibility index (Phi) is 3.06. The van der Waals surface area contributed by atoms with Crippen LogP contribution in [0.4, 0.5) is 0 Å². The second-order valence-corrected chi connectivity index (χ2v) is 6.52. The molecule has 0 amide bonds. The number of ether oxygens (including phenoxy) is 3. The number of benzene rings is 2. The fourth-order valence-corrected chi connectivity index (χ4v) is 4.16. The highest BCUT2D eigenvalue weighted by Crippen LogP contribution is 2.49. The zero-order valence-corrected chi connectivity index (χ0v) is 13.4. The minimum atomic E-state index is 0.283. The van der Waals surface area contributed by atoms with Gasteiger partial charge in [-0.15, -0.1) is 6.58 Å². The zero-order valence-electron chi connectivity index (χ0n) is 13.4. The molecule has 0 aliphatic carbocycles. The van der Waals surface area contributed by atoms with Crippen LogP contribution in [0.25, 0.3) is 0 Å². The predicted octanol–water partition coefficient (Wildman–Crippen LogP) is 3.31. The lowest BCUT2D eigenvalue weighted by Gasteiger charge is -2.45. The molecule has 4 heteroatoms. The number of hydrogen-bond donors (Lipinski definition) is 0. The lowest BCUT2D eigenvalue weighted by Crippen LogP contribution is -2.49. The molecule has 5 rings (SSSR count). The van der Waals surface area contributed by atoms with Crippen LogP contribution in [0.15, 0.2) is 49.1 Å². The van der Waals surface area contributed by atoms with Crippen molar-refractivity contribution in [2.45, 2.75) is 18.5 Å². The third-order valence-electron chi connectivity index (χ3n) is 5.23. The molecule has 0 bridgehead atoms. The van der Waals surface area contributed by atoms with E-state index in [1.54, 1.807) is 0 Å². The summed E-state index contributed by atoms with van der Waals surface area (Å²) < 4.78 is 17.2. The van der Waals surface area contributed by atoms with Crippen LogP contribution >= 0.6 is 0 Å². The first kappa shape index (κ1) is 13.9. The summed E-state index contributed by atoms with van der Waals surface area (Å²) in [6, 6.07) is 13.1. The van der Waals surface area contributed by atoms with Crippen LogP contribution in [0, 0.1) is 0 Å². The Hall–Kier alpha value is -2.46. The van der Waals surface area contributed by atoms with Gasteiger partial charge in [0.2, 0.25) is 6.79 Å². The molecule has 0 saturated carbocycles. The van der Waals surface area contributed by atoms with E-state index in [1.807, 2.05) is 12.1 Å². The highest BCUT2D eigenvalue weighted by molar-refractivity contribution is 5.57. The van der Waals surface area contributed by atoms with Crippen molar-refractivity contribution < 1.29 is 14.2 Å². The smallest absolute Gasteiger partial charge is 0.231 e. The normalized spacial score (nSPS) is 23.7. The van der Waals surface area contributed by atoms with Gasteiger partial charge in [-0.2, -0.15) is 0 Å². The maximum Gasteiger partial charge on any atom is 0.231 e. The number of nitrogens with zero attached hydrogens (tertiary/aromatic N) is 1. The molecule has 24 heavy (non-hydrogen) atoms. The summed E-state index contributed by atoms with van der Waals surface area (Å²) in [5.41, 5.74) is 3.97. The van der Waals surface area contributed by atoms with Gasteiger partial charge in [0.25, 0.3) is 0 Å². The summed E-state index contributed by atoms with van der Waals surface area (Å²) in [6.45, 7) is 6.68. The van der Waals surface area contributed by atoms with Gasteiger partial charge in [-0.05, 0) is 17.2 Å². The molecule has 0 N–H and O–H groups in total. The van der Waals surface area contributed by atoms with Gasteiger partial charge in [-0.3, -0.25) is 4.90 Å². The van der Waals surface area contributed by atoms with Crippen LogP contribution in [0.1, 0.15) is 22.6 Å². The van der Waals surface area contributed by atoms with Gasteiger partial charge < -0.3 is 14.2 Å². The summed E-state index contributed by atoms with van der Waals surface area (Å²) >= 11 is 0. The molecule has 3 aliphatic rings. The van der Waals surface area contributed by atoms with Crippen molar-refractivity contribution in [3.63, 3.8) is 0 Å². The van der Waals surface area contributed by atoms with Crippen LogP contribution in [-0.4, -0.2) is 30.9 Å². The van der Waals surface area contributed by atoms with Crippen molar-refractivity contribution >= 4 is 0 Å². The van der Waals surface area contributed by atoms with Crippen LogP contribution in [-0.2, 0) is 6.54 Å². The van der Waals surface area contributed by atoms with Gasteiger partial charge in [0.1, 0.15) is 12.4 Å². The molecule has 122 valence electrons. The molecule has 2 aromatic carbocycles. The van der Waals surface area contributed by atoms with Crippen molar-refractivity contribution in [1.82, 2.24) is 4.90 Å². The summed E-state index contributed by atoms with van der Waals surface area (Å²) in [6.07, 6.45) is 1.97. The van der Waals surface area contributed by atoms with Crippen molar-refractivity contribution in [1.29, 1.82) is 0 Å². The van der Waals surface area contributed by atoms with Crippen molar-refractivity contribution in [3.8, 4) is 17.2 Å². The lowest BCUT2D eigenvalue weighted by molar-refractivity contribution is 0.0988. The number of hydrogen-bond acceptors (Lipinski definition) is 4. The third-order valence-corrected chi connectivity index (χ3v) is 5.23. The maximum absolute atomic E-state index is 6.10. The predicted molar refractivity (Wildman–Crippen MR) is 90.7 cm³/mol. The van der Waals surface area contributed by atoms with E-state index in [-0.39, 0.29) is 12.7 Å². The largest absolute Gasteiger partial charge is 0.491 e. The van der Waals surface area contributed by atoms with E-state index in [0.29, 0.717) is 12.6 Å². The molecule has 3 heterocycles. The molecule has 0 fully saturated rings. The molecule has 2 atom stereocenters. The fourth-order valence-electron chi connectivity index (χ4n) is 4.16. The van der Waals surface area contributed by atoms with Crippen molar-refractivity contribution in [2.24, 2.45) is 0 Å². The van der Waals surface area contributed by atoms with Gasteiger partial charge in [0.05, 0.1) is 6.04 Å². The molecule has 3 aliphatic heterocycles. The number of fused-ring (bicyclic) bond motifs is 6. The van der Waals surface area contributed by atoms with E-state index in [2.05, 4.69) is 41.8 Å². The summed E-state index contributed by atoms with van der Waals surface area (Å²) in [7, 11) is 0. The lowest BCUT2D eigenvalue weighted by atomic mass is 9.77. The monoisotopic (exact) mass is 321 g/mol. The molecular formula is C20H19NO3. The van der Waals surface area contributed by atoms with Crippen LogP contribution in [0.3, 0.4) is 0 Å². The summed E-state index contributed by atoms with van der Waals surface area (Å²) in [4.78, 5) is 2.45. The first-order chi connectivity index (χ1) is 11.8. The summed E-state index contributed by atoms with van der Waals surface area (Å²) in [5, 5.41) is 0. The van der Waals surface area contributed by atoms with Crippen LogP contribution in [0.2, 0.25) is 0 Å². The zero-order chi connectivity index (χ0) is 16.1. The molecule has 0 saturated heterocycles. The third kappa shape index (κ3) is 1.96. The van der Waals surface area contributed by atoms with Gasteiger partial charge >= 0.3 is 0 Å². The Morgan fingerprint density at radius 3 is 2.75 bits per heavy atom. The minimum Gasteiger partial charge on any atom is -0.491 e. The Bertz CT molecular complexity index is 817. The first-order valence-corrected chi connectivity index (χ1v) is 8.34. The van der Waals surface area contributed by atoms with E-state index >= 15 is 0 Å². The van der Waals surface area contributed by atoms with Crippen molar-refractivity contribution in [3.05, 3.63) is 65.7 Å². The molecule has 2 unspecified atom stereocenters. The Morgan fingerprint density at radius 2 is 1.88 bits per heavy atom. The van der Waals surface area contributed by atoms with Crippen LogP contribution < -0.4 is 14.2 Å². The highest BCUT2D eigenvalue weighted by atomic mass is 16.7. The highest BCUT2D eigenvalue weighted by Gasteiger charge is 2.41. The molecule has 0 radical (unpaired) electrons. The van der Waals surface area contributed by atoms with E-state index in [1.165, 1.54) is 16.7 Å². The molecule has 2 aromatic rings. The van der Waals surface area contributed by atoms with Gasteiger partial charge in [0, 0.05) is 30.6 Å².